The third-order valence-electron chi connectivity index (χ3n) is 7.26. The summed E-state index contributed by atoms with van der Waals surface area (Å²) in [6.07, 6.45) is 9.72. The Morgan fingerprint density at radius 2 is 1.68 bits per heavy atom. The lowest BCUT2D eigenvalue weighted by atomic mass is 9.82. The van der Waals surface area contributed by atoms with Crippen molar-refractivity contribution < 1.29 is 24.2 Å². The van der Waals surface area contributed by atoms with Crippen LogP contribution in [0.1, 0.15) is 64.5 Å². The molecule has 2 atom stereocenters. The van der Waals surface area contributed by atoms with Crippen molar-refractivity contribution in [3.63, 3.8) is 0 Å². The van der Waals surface area contributed by atoms with Gasteiger partial charge in [0.05, 0.1) is 0 Å². The van der Waals surface area contributed by atoms with Crippen LogP contribution in [-0.2, 0) is 19.1 Å². The van der Waals surface area contributed by atoms with Crippen LogP contribution in [0.25, 0.3) is 11.1 Å². The van der Waals surface area contributed by atoms with Crippen LogP contribution in [0.3, 0.4) is 0 Å². The molecular weight excluding hydrogens is 476 g/mol. The minimum atomic E-state index is -0.710. The Labute approximate surface area is 225 Å². The average Bonchev–Trinajstić information content (AvgIpc) is 3.18. The molecule has 38 heavy (non-hydrogen) atoms. The van der Waals surface area contributed by atoms with Gasteiger partial charge in [-0.3, -0.25) is 0 Å². The van der Waals surface area contributed by atoms with Crippen molar-refractivity contribution in [1.82, 2.24) is 0 Å². The second-order valence-corrected chi connectivity index (χ2v) is 10.8. The molecule has 2 aromatic carbocycles. The summed E-state index contributed by atoms with van der Waals surface area (Å²) in [7, 11) is 0. The van der Waals surface area contributed by atoms with E-state index in [0.717, 1.165) is 19.3 Å². The second kappa shape index (κ2) is 11.7. The predicted molar refractivity (Wildman–Crippen MR) is 150 cm³/mol. The summed E-state index contributed by atoms with van der Waals surface area (Å²) in [4.78, 5) is 26.8. The van der Waals surface area contributed by atoms with E-state index < -0.39 is 23.5 Å². The molecule has 1 N–H and O–H groups in total. The highest BCUT2D eigenvalue weighted by molar-refractivity contribution is 6.25. The van der Waals surface area contributed by atoms with Gasteiger partial charge in [0, 0.05) is 5.41 Å². The number of cyclic esters (lactones) is 1. The SMILES string of the molecule is C/C1=C/CC[C@H](C)/C=C\C(C)(C)[C@H](OC(=O)/C(=C2\OC(=O)C(c3ccccc3)=C2O)c2ccccc2)CC1. The number of hydrogen-bond acceptors (Lipinski definition) is 5. The lowest BCUT2D eigenvalue weighted by Gasteiger charge is -2.32. The van der Waals surface area contributed by atoms with Crippen LogP contribution >= 0.6 is 0 Å². The van der Waals surface area contributed by atoms with E-state index in [1.807, 2.05) is 12.1 Å². The average molecular weight is 513 g/mol. The van der Waals surface area contributed by atoms with Gasteiger partial charge in [-0.2, -0.15) is 0 Å². The zero-order chi connectivity index (χ0) is 27.3. The summed E-state index contributed by atoms with van der Waals surface area (Å²) in [5, 5.41) is 11.2. The van der Waals surface area contributed by atoms with Gasteiger partial charge < -0.3 is 14.6 Å². The number of aliphatic hydroxyl groups is 1. The second-order valence-electron chi connectivity index (χ2n) is 10.8. The van der Waals surface area contributed by atoms with Gasteiger partial charge in [0.25, 0.3) is 0 Å². The minimum Gasteiger partial charge on any atom is -0.504 e. The number of allylic oxidation sites excluding steroid dienone is 3. The van der Waals surface area contributed by atoms with Crippen molar-refractivity contribution in [2.45, 2.75) is 59.5 Å². The van der Waals surface area contributed by atoms with Gasteiger partial charge in [0.15, 0.2) is 11.5 Å². The lowest BCUT2D eigenvalue weighted by molar-refractivity contribution is -0.146. The number of aliphatic hydroxyl groups excluding tert-OH is 1. The summed E-state index contributed by atoms with van der Waals surface area (Å²) < 4.78 is 11.8. The largest absolute Gasteiger partial charge is 0.504 e. The van der Waals surface area contributed by atoms with E-state index in [9.17, 15) is 14.7 Å². The van der Waals surface area contributed by atoms with Crippen LogP contribution in [-0.4, -0.2) is 23.1 Å². The molecule has 0 unspecified atom stereocenters. The summed E-state index contributed by atoms with van der Waals surface area (Å²) in [5.41, 5.74) is 1.90. The van der Waals surface area contributed by atoms with E-state index in [1.54, 1.807) is 48.5 Å². The van der Waals surface area contributed by atoms with Gasteiger partial charge in [-0.1, -0.05) is 105 Å². The van der Waals surface area contributed by atoms with Gasteiger partial charge in [0.1, 0.15) is 17.3 Å². The fourth-order valence-electron chi connectivity index (χ4n) is 4.82. The number of benzene rings is 2. The number of ether oxygens (including phenoxy) is 2. The van der Waals surface area contributed by atoms with E-state index in [-0.39, 0.29) is 22.7 Å². The highest BCUT2D eigenvalue weighted by atomic mass is 16.6. The molecule has 0 saturated heterocycles. The first-order valence-corrected chi connectivity index (χ1v) is 13.2. The van der Waals surface area contributed by atoms with Crippen LogP contribution in [0.5, 0.6) is 0 Å². The zero-order valence-electron chi connectivity index (χ0n) is 22.6. The molecule has 0 spiro atoms. The highest BCUT2D eigenvalue weighted by Gasteiger charge is 2.38. The van der Waals surface area contributed by atoms with Crippen molar-refractivity contribution in [2.75, 3.05) is 0 Å². The van der Waals surface area contributed by atoms with Crippen LogP contribution < -0.4 is 0 Å². The predicted octanol–water partition coefficient (Wildman–Crippen LogP) is 7.57. The van der Waals surface area contributed by atoms with Crippen LogP contribution in [0.4, 0.5) is 0 Å². The highest BCUT2D eigenvalue weighted by Crippen LogP contribution is 2.38. The van der Waals surface area contributed by atoms with E-state index in [0.29, 0.717) is 23.5 Å². The monoisotopic (exact) mass is 512 g/mol. The van der Waals surface area contributed by atoms with Crippen LogP contribution in [0, 0.1) is 11.3 Å². The van der Waals surface area contributed by atoms with Gasteiger partial charge >= 0.3 is 11.9 Å². The van der Waals surface area contributed by atoms with Crippen LogP contribution in [0.15, 0.2) is 96.0 Å². The standard InChI is InChI=1S/C33H36O5/c1-22-12-11-13-23(2)20-21-33(3,4)26(19-18-22)37-32(36)28(25-16-9-6-10-17-25)30-29(34)27(31(35)38-30)24-14-7-5-8-15-24/h5-10,12,14-17,20-21,23,26,34H,11,13,18-19H2,1-4H3/b21-20-,22-12-,30-28-/t23-,26+/m0/s1. The molecule has 0 amide bonds. The third-order valence-corrected chi connectivity index (χ3v) is 7.26. The molecule has 0 bridgehead atoms. The Bertz CT molecular complexity index is 1300. The van der Waals surface area contributed by atoms with Crippen molar-refractivity contribution in [3.05, 3.63) is 107 Å². The number of hydrogen-bond donors (Lipinski definition) is 1. The fraction of sp³-hybridized carbons (Fsp3) is 0.333. The quantitative estimate of drug-likeness (QED) is 0.260. The summed E-state index contributed by atoms with van der Waals surface area (Å²) in [6.45, 7) is 8.45. The lowest BCUT2D eigenvalue weighted by Crippen LogP contribution is -2.33. The van der Waals surface area contributed by atoms with Gasteiger partial charge in [-0.05, 0) is 49.7 Å². The Hall–Kier alpha value is -3.86. The number of carbonyl (C=O) groups excluding carboxylic acids is 2. The maximum absolute atomic E-state index is 13.9. The number of rotatable bonds is 4. The Balaban J connectivity index is 1.76. The molecule has 0 radical (unpaired) electrons. The molecule has 0 saturated carbocycles. The molecule has 4 rings (SSSR count). The molecule has 5 nitrogen and oxygen atoms in total. The summed E-state index contributed by atoms with van der Waals surface area (Å²) in [6, 6.07) is 17.7. The van der Waals surface area contributed by atoms with E-state index >= 15 is 0 Å². The zero-order valence-corrected chi connectivity index (χ0v) is 22.6. The topological polar surface area (TPSA) is 72.8 Å². The maximum Gasteiger partial charge on any atom is 0.348 e. The van der Waals surface area contributed by atoms with E-state index in [1.165, 1.54) is 5.57 Å². The van der Waals surface area contributed by atoms with E-state index in [2.05, 4.69) is 45.9 Å². The molecule has 5 heteroatoms. The van der Waals surface area contributed by atoms with Crippen molar-refractivity contribution in [3.8, 4) is 0 Å². The van der Waals surface area contributed by atoms with Crippen LogP contribution in [0.2, 0.25) is 0 Å². The molecular formula is C33H36O5. The Morgan fingerprint density at radius 3 is 2.37 bits per heavy atom. The third kappa shape index (κ3) is 6.16. The molecule has 2 aliphatic rings. The fourth-order valence-corrected chi connectivity index (χ4v) is 4.82. The first-order valence-electron chi connectivity index (χ1n) is 13.2. The van der Waals surface area contributed by atoms with Crippen molar-refractivity contribution in [2.24, 2.45) is 11.3 Å². The first-order chi connectivity index (χ1) is 18.2. The molecule has 0 aromatic heterocycles. The Morgan fingerprint density at radius 1 is 1.03 bits per heavy atom. The number of esters is 2. The summed E-state index contributed by atoms with van der Waals surface area (Å²) in [5.74, 6) is -1.49. The molecule has 0 fully saturated rings. The van der Waals surface area contributed by atoms with Crippen molar-refractivity contribution >= 4 is 23.1 Å². The van der Waals surface area contributed by atoms with E-state index in [4.69, 9.17) is 9.47 Å². The molecule has 1 aliphatic heterocycles. The van der Waals surface area contributed by atoms with Gasteiger partial charge in [-0.15, -0.1) is 0 Å². The van der Waals surface area contributed by atoms with Gasteiger partial charge in [-0.25, -0.2) is 9.59 Å². The normalized spacial score (nSPS) is 25.5. The van der Waals surface area contributed by atoms with Gasteiger partial charge in [0.2, 0.25) is 0 Å². The molecule has 2 aromatic rings. The van der Waals surface area contributed by atoms with Crippen molar-refractivity contribution in [1.29, 1.82) is 0 Å². The molecule has 1 heterocycles. The Kier molecular flexibility index (Phi) is 8.35. The smallest absolute Gasteiger partial charge is 0.348 e. The first kappa shape index (κ1) is 27.2. The molecule has 1 aliphatic carbocycles. The minimum absolute atomic E-state index is 0.0229. The number of carbonyl (C=O) groups is 2. The maximum atomic E-state index is 13.9. The summed E-state index contributed by atoms with van der Waals surface area (Å²) >= 11 is 0. The molecule has 198 valence electrons.